The summed E-state index contributed by atoms with van der Waals surface area (Å²) < 4.78 is 35.8. The molecule has 6 nitrogen and oxygen atoms in total. The van der Waals surface area contributed by atoms with E-state index in [-0.39, 0.29) is 32.5 Å². The van der Waals surface area contributed by atoms with Gasteiger partial charge in [0.1, 0.15) is 4.90 Å². The highest BCUT2D eigenvalue weighted by atomic mass is 79.9. The third kappa shape index (κ3) is 7.76. The molecule has 0 radical (unpaired) electrons. The van der Waals surface area contributed by atoms with Gasteiger partial charge in [-0.2, -0.15) is 0 Å². The quantitative estimate of drug-likeness (QED) is 0.243. The van der Waals surface area contributed by atoms with Crippen LogP contribution in [0.1, 0.15) is 54.1 Å². The van der Waals surface area contributed by atoms with Crippen LogP contribution in [0.3, 0.4) is 0 Å². The van der Waals surface area contributed by atoms with Crippen molar-refractivity contribution in [1.82, 2.24) is 4.90 Å². The predicted octanol–water partition coefficient (Wildman–Crippen LogP) is 7.72. The minimum absolute atomic E-state index is 0.0618. The number of benzene rings is 3. The molecule has 0 unspecified atom stereocenters. The minimum atomic E-state index is -4.10. The Bertz CT molecular complexity index is 1410. The summed E-state index contributed by atoms with van der Waals surface area (Å²) in [7, 11) is -4.10. The first-order valence-corrected chi connectivity index (χ1v) is 15.9. The second-order valence-corrected chi connectivity index (χ2v) is 13.0. The molecule has 1 amide bonds. The minimum Gasteiger partial charge on any atom is -0.381 e. The van der Waals surface area contributed by atoms with Crippen molar-refractivity contribution in [3.8, 4) is 0 Å². The Hall–Kier alpha value is -2.10. The van der Waals surface area contributed by atoms with Gasteiger partial charge in [-0.25, -0.2) is 8.42 Å². The summed E-state index contributed by atoms with van der Waals surface area (Å²) >= 11 is 16.4. The van der Waals surface area contributed by atoms with Gasteiger partial charge >= 0.3 is 0 Å². The number of rotatable bonds is 10. The molecule has 1 N–H and O–H groups in total. The number of sulfonamides is 1. The molecule has 0 bridgehead atoms. The van der Waals surface area contributed by atoms with Crippen LogP contribution >= 0.6 is 39.1 Å². The maximum atomic E-state index is 14.0. The van der Waals surface area contributed by atoms with Crippen LogP contribution in [-0.2, 0) is 27.7 Å². The highest BCUT2D eigenvalue weighted by Gasteiger charge is 2.30. The Morgan fingerprint density at radius 2 is 1.74 bits per heavy atom. The van der Waals surface area contributed by atoms with E-state index in [2.05, 4.69) is 27.6 Å². The van der Waals surface area contributed by atoms with Crippen molar-refractivity contribution < 1.29 is 17.9 Å². The average Bonchev–Trinajstić information content (AvgIpc) is 2.91. The fourth-order valence-corrected chi connectivity index (χ4v) is 6.94. The van der Waals surface area contributed by atoms with Gasteiger partial charge < -0.3 is 9.64 Å². The van der Waals surface area contributed by atoms with Gasteiger partial charge in [0, 0.05) is 36.0 Å². The second-order valence-electron chi connectivity index (χ2n) is 9.57. The fraction of sp³-hybridized carbons (Fsp3) is 0.345. The second kappa shape index (κ2) is 13.5. The first-order chi connectivity index (χ1) is 18.7. The van der Waals surface area contributed by atoms with E-state index in [0.717, 1.165) is 34.9 Å². The number of carbonyl (C=O) groups is 1. The smallest absolute Gasteiger partial charge is 0.263 e. The van der Waals surface area contributed by atoms with Gasteiger partial charge in [-0.1, -0.05) is 76.7 Å². The van der Waals surface area contributed by atoms with Crippen LogP contribution in [-0.4, -0.2) is 38.5 Å². The van der Waals surface area contributed by atoms with Crippen molar-refractivity contribution in [2.24, 2.45) is 0 Å². The fourth-order valence-electron chi connectivity index (χ4n) is 4.58. The number of unbranched alkanes of at least 4 members (excludes halogenated alkanes) is 1. The molecule has 10 heteroatoms. The molecule has 4 rings (SSSR count). The summed E-state index contributed by atoms with van der Waals surface area (Å²) in [5, 5.41) is 0.0313. The van der Waals surface area contributed by atoms with Gasteiger partial charge in [0.25, 0.3) is 15.9 Å². The van der Waals surface area contributed by atoms with Crippen LogP contribution in [0.4, 0.5) is 5.69 Å². The number of carbonyl (C=O) groups excluding carboxylic acids is 1. The molecular formula is C29H31BrCl2N2O4S. The largest absolute Gasteiger partial charge is 0.381 e. The standard InChI is InChI=1S/C29H31BrCl2N2O4S/c1-2-3-5-20-8-10-23(11-9-20)33-39(36,37)28-17-25(26(31)18-27(28)32)29(35)34(24-12-14-38-15-13-24)19-21-6-4-7-22(30)16-21/h4,6-11,16-18,24,33H,2-3,5,12-15,19H2,1H3. The van der Waals surface area contributed by atoms with E-state index in [1.807, 2.05) is 36.4 Å². The van der Waals surface area contributed by atoms with Gasteiger partial charge in [0.2, 0.25) is 0 Å². The number of amides is 1. The summed E-state index contributed by atoms with van der Waals surface area (Å²) in [5.74, 6) is -0.361. The van der Waals surface area contributed by atoms with E-state index >= 15 is 0 Å². The molecule has 1 aliphatic rings. The molecule has 0 atom stereocenters. The first kappa shape index (κ1) is 29.9. The molecular weight excluding hydrogens is 623 g/mol. The van der Waals surface area contributed by atoms with Gasteiger partial charge in [-0.15, -0.1) is 0 Å². The predicted molar refractivity (Wildman–Crippen MR) is 160 cm³/mol. The van der Waals surface area contributed by atoms with E-state index in [1.165, 1.54) is 12.1 Å². The third-order valence-electron chi connectivity index (χ3n) is 6.70. The highest BCUT2D eigenvalue weighted by molar-refractivity contribution is 9.10. The Labute approximate surface area is 248 Å². The maximum absolute atomic E-state index is 14.0. The van der Waals surface area contributed by atoms with Crippen molar-refractivity contribution >= 4 is 60.7 Å². The molecule has 208 valence electrons. The lowest BCUT2D eigenvalue weighted by Gasteiger charge is -2.35. The monoisotopic (exact) mass is 652 g/mol. The van der Waals surface area contributed by atoms with Crippen molar-refractivity contribution in [1.29, 1.82) is 0 Å². The van der Waals surface area contributed by atoms with E-state index in [1.54, 1.807) is 17.0 Å². The van der Waals surface area contributed by atoms with E-state index < -0.39 is 10.0 Å². The van der Waals surface area contributed by atoms with Crippen molar-refractivity contribution in [3.63, 3.8) is 0 Å². The normalized spacial score (nSPS) is 14.3. The number of nitrogens with zero attached hydrogens (tertiary/aromatic N) is 1. The molecule has 1 fully saturated rings. The molecule has 39 heavy (non-hydrogen) atoms. The molecule has 3 aromatic rings. The van der Waals surface area contributed by atoms with E-state index in [9.17, 15) is 13.2 Å². The topological polar surface area (TPSA) is 75.7 Å². The van der Waals surface area contributed by atoms with Crippen molar-refractivity contribution in [2.75, 3.05) is 17.9 Å². The van der Waals surface area contributed by atoms with Crippen molar-refractivity contribution in [3.05, 3.63) is 91.9 Å². The maximum Gasteiger partial charge on any atom is 0.263 e. The van der Waals surface area contributed by atoms with Crippen LogP contribution in [0.5, 0.6) is 0 Å². The zero-order chi connectivity index (χ0) is 28.0. The summed E-state index contributed by atoms with van der Waals surface area (Å²) in [6, 6.07) is 17.5. The number of hydrogen-bond donors (Lipinski definition) is 1. The number of hydrogen-bond acceptors (Lipinski definition) is 4. The summed E-state index contributed by atoms with van der Waals surface area (Å²) in [6.45, 7) is 3.55. The Morgan fingerprint density at radius 3 is 2.41 bits per heavy atom. The van der Waals surface area contributed by atoms with Crippen LogP contribution in [0, 0.1) is 0 Å². The number of aryl methyl sites for hydroxylation is 1. The van der Waals surface area contributed by atoms with E-state index in [4.69, 9.17) is 27.9 Å². The number of halogens is 3. The zero-order valence-electron chi connectivity index (χ0n) is 21.6. The molecule has 0 saturated carbocycles. The van der Waals surface area contributed by atoms with Crippen LogP contribution < -0.4 is 4.72 Å². The lowest BCUT2D eigenvalue weighted by atomic mass is 10.0. The molecule has 1 heterocycles. The van der Waals surface area contributed by atoms with E-state index in [0.29, 0.717) is 38.3 Å². The summed E-state index contributed by atoms with van der Waals surface area (Å²) in [4.78, 5) is 15.5. The van der Waals surface area contributed by atoms with Gasteiger partial charge in [-0.3, -0.25) is 9.52 Å². The van der Waals surface area contributed by atoms with Crippen LogP contribution in [0.2, 0.25) is 10.0 Å². The Balaban J connectivity index is 1.64. The average molecular weight is 654 g/mol. The lowest BCUT2D eigenvalue weighted by molar-refractivity contribution is 0.0267. The van der Waals surface area contributed by atoms with Gasteiger partial charge in [0.15, 0.2) is 0 Å². The molecule has 3 aromatic carbocycles. The summed E-state index contributed by atoms with van der Waals surface area (Å²) in [6.07, 6.45) is 4.42. The van der Waals surface area contributed by atoms with Crippen molar-refractivity contribution in [2.45, 2.75) is 56.5 Å². The first-order valence-electron chi connectivity index (χ1n) is 12.9. The highest BCUT2D eigenvalue weighted by Crippen LogP contribution is 2.32. The Morgan fingerprint density at radius 1 is 1.03 bits per heavy atom. The summed E-state index contributed by atoms with van der Waals surface area (Å²) in [5.41, 5.74) is 2.56. The van der Waals surface area contributed by atoms with Gasteiger partial charge in [0.05, 0.1) is 15.6 Å². The van der Waals surface area contributed by atoms with Gasteiger partial charge in [-0.05, 0) is 73.2 Å². The number of anilines is 1. The lowest BCUT2D eigenvalue weighted by Crippen LogP contribution is -2.43. The molecule has 0 spiro atoms. The third-order valence-corrected chi connectivity index (χ3v) is 9.35. The zero-order valence-corrected chi connectivity index (χ0v) is 25.5. The number of ether oxygens (including phenoxy) is 1. The van der Waals surface area contributed by atoms with Crippen LogP contribution in [0.25, 0.3) is 0 Å². The molecule has 1 saturated heterocycles. The van der Waals surface area contributed by atoms with Crippen LogP contribution in [0.15, 0.2) is 70.0 Å². The molecule has 0 aromatic heterocycles. The SMILES string of the molecule is CCCCc1ccc(NS(=O)(=O)c2cc(C(=O)N(Cc3cccc(Br)c3)C3CCOCC3)c(Cl)cc2Cl)cc1. The molecule has 1 aliphatic heterocycles. The molecule has 0 aliphatic carbocycles. The Kier molecular flexibility index (Phi) is 10.3. The number of nitrogens with one attached hydrogen (secondary N) is 1.